The number of carbonyl (C=O) groups is 2. The highest BCUT2D eigenvalue weighted by atomic mass is 16.6. The quantitative estimate of drug-likeness (QED) is 0.459. The zero-order chi connectivity index (χ0) is 22.4. The topological polar surface area (TPSA) is 59.5 Å². The van der Waals surface area contributed by atoms with Gasteiger partial charge < -0.3 is 4.74 Å². The number of amides is 1. The van der Waals surface area contributed by atoms with E-state index in [-0.39, 0.29) is 11.9 Å². The normalized spacial score (nSPS) is 10.6. The number of ether oxygens (including phenoxy) is 1. The molecular formula is C26H28N2O3. The van der Waals surface area contributed by atoms with Crippen LogP contribution in [0.1, 0.15) is 40.7 Å². The minimum atomic E-state index is -0.380. The zero-order valence-electron chi connectivity index (χ0n) is 18.5. The number of hydrogen-bond donors (Lipinski definition) is 0. The maximum Gasteiger partial charge on any atom is 0.413 e. The first-order valence-corrected chi connectivity index (χ1v) is 10.5. The summed E-state index contributed by atoms with van der Waals surface area (Å²) in [6.45, 7) is 6.07. The van der Waals surface area contributed by atoms with Crippen LogP contribution >= 0.6 is 0 Å². The molecule has 0 aliphatic heterocycles. The van der Waals surface area contributed by atoms with Crippen molar-refractivity contribution in [3.63, 3.8) is 0 Å². The van der Waals surface area contributed by atoms with Gasteiger partial charge in [-0.1, -0.05) is 42.5 Å². The highest BCUT2D eigenvalue weighted by molar-refractivity contribution is 5.96. The number of hydrogen-bond acceptors (Lipinski definition) is 4. The van der Waals surface area contributed by atoms with Crippen LogP contribution in [0.2, 0.25) is 0 Å². The van der Waals surface area contributed by atoms with Crippen LogP contribution < -0.4 is 4.90 Å². The van der Waals surface area contributed by atoms with E-state index in [1.807, 2.05) is 68.4 Å². The van der Waals surface area contributed by atoms with Crippen molar-refractivity contribution in [1.82, 2.24) is 4.98 Å². The van der Waals surface area contributed by atoms with Crippen LogP contribution in [0.25, 0.3) is 11.1 Å². The van der Waals surface area contributed by atoms with Crippen LogP contribution in [-0.2, 0) is 11.2 Å². The summed E-state index contributed by atoms with van der Waals surface area (Å²) in [6.07, 6.45) is 0.768. The first-order valence-electron chi connectivity index (χ1n) is 10.5. The molecule has 0 saturated heterocycles. The SMILES string of the molecule is CCOC(=O)N(C)c1ccc(-c2ccc(C(=O)CCc3ccc(C)nc3C)cc2)cc1. The molecular weight excluding hydrogens is 388 g/mol. The van der Waals surface area contributed by atoms with Gasteiger partial charge in [0, 0.05) is 36.1 Å². The molecule has 1 heterocycles. The minimum Gasteiger partial charge on any atom is -0.449 e. The van der Waals surface area contributed by atoms with E-state index in [1.165, 1.54) is 4.90 Å². The Morgan fingerprint density at radius 2 is 1.52 bits per heavy atom. The standard InChI is InChI=1S/C26H28N2O3/c1-5-31-26(30)28(4)24-15-12-22(13-16-24)21-8-10-23(11-9-21)25(29)17-14-20-7-6-18(2)27-19(20)3/h6-13,15-16H,5,14,17H2,1-4H3. The Kier molecular flexibility index (Phi) is 7.19. The summed E-state index contributed by atoms with van der Waals surface area (Å²) in [4.78, 5) is 30.4. The monoisotopic (exact) mass is 416 g/mol. The van der Waals surface area contributed by atoms with Crippen molar-refractivity contribution < 1.29 is 14.3 Å². The van der Waals surface area contributed by atoms with Gasteiger partial charge in [-0.2, -0.15) is 0 Å². The second kappa shape index (κ2) is 10.0. The van der Waals surface area contributed by atoms with E-state index in [9.17, 15) is 9.59 Å². The van der Waals surface area contributed by atoms with Crippen molar-refractivity contribution >= 4 is 17.6 Å². The van der Waals surface area contributed by atoms with Crippen molar-refractivity contribution in [3.8, 4) is 11.1 Å². The molecule has 2 aromatic carbocycles. The first-order chi connectivity index (χ1) is 14.9. The van der Waals surface area contributed by atoms with Crippen LogP contribution in [0.4, 0.5) is 10.5 Å². The van der Waals surface area contributed by atoms with Gasteiger partial charge in [-0.05, 0) is 62.1 Å². The van der Waals surface area contributed by atoms with Gasteiger partial charge in [-0.25, -0.2) is 4.79 Å². The molecule has 0 aliphatic carbocycles. The van der Waals surface area contributed by atoms with Crippen LogP contribution in [-0.4, -0.2) is 30.5 Å². The van der Waals surface area contributed by atoms with E-state index in [0.29, 0.717) is 25.0 Å². The molecule has 5 heteroatoms. The van der Waals surface area contributed by atoms with Crippen molar-refractivity contribution in [3.05, 3.63) is 83.2 Å². The molecule has 5 nitrogen and oxygen atoms in total. The molecule has 160 valence electrons. The van der Waals surface area contributed by atoms with E-state index in [2.05, 4.69) is 11.1 Å². The maximum absolute atomic E-state index is 12.6. The summed E-state index contributed by atoms with van der Waals surface area (Å²) in [5.74, 6) is 0.123. The van der Waals surface area contributed by atoms with E-state index in [0.717, 1.165) is 33.8 Å². The third kappa shape index (κ3) is 5.57. The summed E-state index contributed by atoms with van der Waals surface area (Å²) < 4.78 is 5.02. The summed E-state index contributed by atoms with van der Waals surface area (Å²) >= 11 is 0. The summed E-state index contributed by atoms with van der Waals surface area (Å²) in [5, 5.41) is 0. The molecule has 0 radical (unpaired) electrons. The predicted octanol–water partition coefficient (Wildman–Crippen LogP) is 5.77. The molecule has 0 atom stereocenters. The van der Waals surface area contributed by atoms with Gasteiger partial charge in [-0.3, -0.25) is 14.7 Å². The van der Waals surface area contributed by atoms with E-state index in [4.69, 9.17) is 4.74 Å². The molecule has 0 aliphatic rings. The number of carbonyl (C=O) groups excluding carboxylic acids is 2. The summed E-state index contributed by atoms with van der Waals surface area (Å²) in [5.41, 5.74) is 6.59. The number of aryl methyl sites for hydroxylation is 3. The average Bonchev–Trinajstić information content (AvgIpc) is 2.78. The van der Waals surface area contributed by atoms with Crippen molar-refractivity contribution in [1.29, 1.82) is 0 Å². The lowest BCUT2D eigenvalue weighted by atomic mass is 9.99. The zero-order valence-corrected chi connectivity index (χ0v) is 18.5. The Hall–Kier alpha value is -3.47. The Labute approximate surface area is 183 Å². The van der Waals surface area contributed by atoms with E-state index < -0.39 is 0 Å². The van der Waals surface area contributed by atoms with Gasteiger partial charge in [0.15, 0.2) is 5.78 Å². The average molecular weight is 417 g/mol. The lowest BCUT2D eigenvalue weighted by Crippen LogP contribution is -2.26. The fourth-order valence-electron chi connectivity index (χ4n) is 3.42. The van der Waals surface area contributed by atoms with E-state index in [1.54, 1.807) is 14.0 Å². The molecule has 0 fully saturated rings. The molecule has 1 aromatic heterocycles. The van der Waals surface area contributed by atoms with E-state index >= 15 is 0 Å². The second-order valence-corrected chi connectivity index (χ2v) is 7.50. The molecule has 0 N–H and O–H groups in total. The number of benzene rings is 2. The molecule has 1 amide bonds. The third-order valence-electron chi connectivity index (χ3n) is 5.29. The highest BCUT2D eigenvalue weighted by Crippen LogP contribution is 2.24. The van der Waals surface area contributed by atoms with Crippen LogP contribution in [0.3, 0.4) is 0 Å². The highest BCUT2D eigenvalue weighted by Gasteiger charge is 2.12. The largest absolute Gasteiger partial charge is 0.449 e. The van der Waals surface area contributed by atoms with Crippen LogP contribution in [0.15, 0.2) is 60.7 Å². The Morgan fingerprint density at radius 3 is 2.10 bits per heavy atom. The van der Waals surface area contributed by atoms with Gasteiger partial charge in [-0.15, -0.1) is 0 Å². The van der Waals surface area contributed by atoms with Crippen LogP contribution in [0, 0.1) is 13.8 Å². The predicted molar refractivity (Wildman–Crippen MR) is 124 cm³/mol. The minimum absolute atomic E-state index is 0.123. The van der Waals surface area contributed by atoms with Crippen LogP contribution in [0.5, 0.6) is 0 Å². The van der Waals surface area contributed by atoms with Gasteiger partial charge in [0.2, 0.25) is 0 Å². The molecule has 0 saturated carbocycles. The maximum atomic E-state index is 12.6. The van der Waals surface area contributed by atoms with Gasteiger partial charge in [0.05, 0.1) is 6.61 Å². The lowest BCUT2D eigenvalue weighted by Gasteiger charge is -2.16. The number of ketones is 1. The third-order valence-corrected chi connectivity index (χ3v) is 5.29. The number of nitrogens with zero attached hydrogens (tertiary/aromatic N) is 2. The summed E-state index contributed by atoms with van der Waals surface area (Å²) in [7, 11) is 1.68. The molecule has 0 unspecified atom stereocenters. The molecule has 0 spiro atoms. The number of aromatic nitrogens is 1. The Bertz CT molecular complexity index is 1060. The number of Topliss-reactive ketones (excluding diaryl/α,β-unsaturated/α-hetero) is 1. The number of rotatable bonds is 7. The fraction of sp³-hybridized carbons (Fsp3) is 0.269. The van der Waals surface area contributed by atoms with Gasteiger partial charge in [0.1, 0.15) is 0 Å². The molecule has 31 heavy (non-hydrogen) atoms. The molecule has 3 aromatic rings. The second-order valence-electron chi connectivity index (χ2n) is 7.50. The van der Waals surface area contributed by atoms with Crippen molar-refractivity contribution in [2.45, 2.75) is 33.6 Å². The summed E-state index contributed by atoms with van der Waals surface area (Å²) in [6, 6.07) is 19.4. The smallest absolute Gasteiger partial charge is 0.413 e. The van der Waals surface area contributed by atoms with Crippen molar-refractivity contribution in [2.75, 3.05) is 18.6 Å². The molecule has 0 bridgehead atoms. The first kappa shape index (κ1) is 22.2. The van der Waals surface area contributed by atoms with Gasteiger partial charge >= 0.3 is 6.09 Å². The lowest BCUT2D eigenvalue weighted by molar-refractivity contribution is 0.0982. The number of anilines is 1. The Balaban J connectivity index is 1.64. The number of pyridine rings is 1. The fourth-order valence-corrected chi connectivity index (χ4v) is 3.42. The van der Waals surface area contributed by atoms with Crippen molar-refractivity contribution in [2.24, 2.45) is 0 Å². The molecule has 3 rings (SSSR count). The van der Waals surface area contributed by atoms with Gasteiger partial charge in [0.25, 0.3) is 0 Å². The Morgan fingerprint density at radius 1 is 0.903 bits per heavy atom.